The van der Waals surface area contributed by atoms with Gasteiger partial charge in [0, 0.05) is 11.6 Å². The van der Waals surface area contributed by atoms with Gasteiger partial charge in [0.25, 0.3) is 0 Å². The van der Waals surface area contributed by atoms with Gasteiger partial charge in [0.1, 0.15) is 22.5 Å². The third-order valence-corrected chi connectivity index (χ3v) is 8.45. The highest BCUT2D eigenvalue weighted by atomic mass is 32.2. The maximum absolute atomic E-state index is 12.6. The SMILES string of the molecule is CCC12CC(C=O)C(=O)C=C1CC[C@@]2(O)C#Cc1ncccc1S(=O)(=O)C(C)C. The van der Waals surface area contributed by atoms with E-state index >= 15 is 0 Å². The van der Waals surface area contributed by atoms with E-state index in [0.717, 1.165) is 5.57 Å². The first-order valence-electron chi connectivity index (χ1n) is 9.76. The highest BCUT2D eigenvalue weighted by Gasteiger charge is 2.58. The number of aliphatic hydroxyl groups is 1. The van der Waals surface area contributed by atoms with Gasteiger partial charge in [-0.25, -0.2) is 13.4 Å². The monoisotopic (exact) mass is 415 g/mol. The molecular formula is C22H25NO5S. The van der Waals surface area contributed by atoms with Gasteiger partial charge in [0.15, 0.2) is 15.6 Å². The molecule has 2 aliphatic carbocycles. The Morgan fingerprint density at radius 1 is 1.41 bits per heavy atom. The average molecular weight is 416 g/mol. The highest BCUT2D eigenvalue weighted by molar-refractivity contribution is 7.92. The number of carbonyl (C=O) groups excluding carboxylic acids is 2. The van der Waals surface area contributed by atoms with Gasteiger partial charge < -0.3 is 9.90 Å². The summed E-state index contributed by atoms with van der Waals surface area (Å²) in [5.74, 6) is 4.66. The van der Waals surface area contributed by atoms with Gasteiger partial charge in [-0.1, -0.05) is 18.4 Å². The zero-order valence-corrected chi connectivity index (χ0v) is 17.6. The van der Waals surface area contributed by atoms with Gasteiger partial charge in [-0.2, -0.15) is 0 Å². The molecule has 1 aromatic heterocycles. The first-order chi connectivity index (χ1) is 13.6. The molecule has 3 atom stereocenters. The first-order valence-corrected chi connectivity index (χ1v) is 11.3. The van der Waals surface area contributed by atoms with E-state index < -0.39 is 32.0 Å². The molecule has 1 heterocycles. The Labute approximate surface area is 171 Å². The van der Waals surface area contributed by atoms with Crippen LogP contribution in [0.2, 0.25) is 0 Å². The Balaban J connectivity index is 2.10. The number of allylic oxidation sites excluding steroid dienone is 1. The molecule has 0 saturated heterocycles. The van der Waals surface area contributed by atoms with E-state index in [1.54, 1.807) is 19.9 Å². The van der Waals surface area contributed by atoms with Crippen LogP contribution in [-0.2, 0) is 19.4 Å². The number of nitrogens with zero attached hydrogens (tertiary/aromatic N) is 1. The molecule has 7 heteroatoms. The van der Waals surface area contributed by atoms with Crippen LogP contribution < -0.4 is 0 Å². The Morgan fingerprint density at radius 2 is 2.14 bits per heavy atom. The molecule has 2 aliphatic rings. The number of fused-ring (bicyclic) bond motifs is 1. The lowest BCUT2D eigenvalue weighted by Gasteiger charge is -2.42. The summed E-state index contributed by atoms with van der Waals surface area (Å²) < 4.78 is 25.3. The van der Waals surface area contributed by atoms with Crippen LogP contribution in [-0.4, -0.2) is 41.4 Å². The molecule has 1 N–H and O–H groups in total. The zero-order valence-electron chi connectivity index (χ0n) is 16.8. The number of hydrogen-bond donors (Lipinski definition) is 1. The van der Waals surface area contributed by atoms with E-state index in [4.69, 9.17) is 0 Å². The zero-order chi connectivity index (χ0) is 21.4. The molecule has 0 amide bonds. The van der Waals surface area contributed by atoms with Crippen LogP contribution in [0.3, 0.4) is 0 Å². The highest BCUT2D eigenvalue weighted by Crippen LogP contribution is 2.57. The summed E-state index contributed by atoms with van der Waals surface area (Å²) in [7, 11) is -3.59. The maximum atomic E-state index is 12.6. The molecule has 3 rings (SSSR count). The summed E-state index contributed by atoms with van der Waals surface area (Å²) in [6.45, 7) is 5.08. The lowest BCUT2D eigenvalue weighted by atomic mass is 9.62. The van der Waals surface area contributed by atoms with Crippen molar-refractivity contribution in [2.75, 3.05) is 0 Å². The Kier molecular flexibility index (Phi) is 5.54. The number of ketones is 1. The number of hydrogen-bond acceptors (Lipinski definition) is 6. The summed E-state index contributed by atoms with van der Waals surface area (Å²) in [6, 6.07) is 3.01. The fourth-order valence-electron chi connectivity index (χ4n) is 4.42. The molecule has 0 bridgehead atoms. The van der Waals surface area contributed by atoms with Gasteiger partial charge >= 0.3 is 0 Å². The smallest absolute Gasteiger partial charge is 0.183 e. The lowest BCUT2D eigenvalue weighted by molar-refractivity contribution is -0.127. The number of rotatable bonds is 4. The van der Waals surface area contributed by atoms with Crippen molar-refractivity contribution >= 4 is 21.9 Å². The van der Waals surface area contributed by atoms with Crippen LogP contribution in [0.5, 0.6) is 0 Å². The molecule has 154 valence electrons. The Morgan fingerprint density at radius 3 is 2.76 bits per heavy atom. The number of aldehydes is 1. The molecule has 1 saturated carbocycles. The molecule has 0 aliphatic heterocycles. The minimum atomic E-state index is -3.59. The third-order valence-electron chi connectivity index (χ3n) is 6.27. The first kappa shape index (κ1) is 21.4. The van der Waals surface area contributed by atoms with Crippen molar-refractivity contribution in [3.05, 3.63) is 35.7 Å². The molecule has 6 nitrogen and oxygen atoms in total. The van der Waals surface area contributed by atoms with E-state index in [1.165, 1.54) is 18.3 Å². The van der Waals surface area contributed by atoms with Crippen molar-refractivity contribution in [3.8, 4) is 11.8 Å². The molecule has 0 aromatic carbocycles. The summed E-state index contributed by atoms with van der Waals surface area (Å²) in [6.07, 6.45) is 5.13. The van der Waals surface area contributed by atoms with E-state index in [1.807, 2.05) is 6.92 Å². The molecule has 0 radical (unpaired) electrons. The summed E-state index contributed by atoms with van der Waals surface area (Å²) >= 11 is 0. The van der Waals surface area contributed by atoms with Gasteiger partial charge in [-0.05, 0) is 63.7 Å². The second kappa shape index (κ2) is 7.51. The van der Waals surface area contributed by atoms with Crippen LogP contribution in [0, 0.1) is 23.2 Å². The fraction of sp³-hybridized carbons (Fsp3) is 0.500. The fourth-order valence-corrected chi connectivity index (χ4v) is 5.57. The average Bonchev–Trinajstić information content (AvgIpc) is 2.98. The predicted molar refractivity (Wildman–Crippen MR) is 108 cm³/mol. The standard InChI is InChI=1S/C22H25NO5S/c1-4-21-13-16(14-24)19(25)12-17(21)7-9-22(21,26)10-8-18-20(6-5-11-23-18)29(27,28)15(2)3/h5-6,11-12,14-16,26H,4,7,9,13H2,1-3H3/t16?,21?,22-/m1/s1. The second-order valence-electron chi connectivity index (χ2n) is 8.01. The van der Waals surface area contributed by atoms with E-state index in [-0.39, 0.29) is 22.8 Å². The van der Waals surface area contributed by atoms with Gasteiger partial charge in [-0.3, -0.25) is 4.79 Å². The number of pyridine rings is 1. The largest absolute Gasteiger partial charge is 0.377 e. The molecular weight excluding hydrogens is 390 g/mol. The van der Waals surface area contributed by atoms with Gasteiger partial charge in [0.2, 0.25) is 0 Å². The van der Waals surface area contributed by atoms with Crippen LogP contribution >= 0.6 is 0 Å². The van der Waals surface area contributed by atoms with Crippen LogP contribution in [0.4, 0.5) is 0 Å². The predicted octanol–water partition coefficient (Wildman–Crippen LogP) is 2.25. The molecule has 2 unspecified atom stereocenters. The van der Waals surface area contributed by atoms with Crippen molar-refractivity contribution in [3.63, 3.8) is 0 Å². The molecule has 0 spiro atoms. The quantitative estimate of drug-likeness (QED) is 0.460. The van der Waals surface area contributed by atoms with Crippen LogP contribution in [0.15, 0.2) is 34.9 Å². The maximum Gasteiger partial charge on any atom is 0.183 e. The van der Waals surface area contributed by atoms with Crippen molar-refractivity contribution in [1.82, 2.24) is 4.98 Å². The van der Waals surface area contributed by atoms with Crippen molar-refractivity contribution in [2.45, 2.75) is 62.2 Å². The number of aromatic nitrogens is 1. The summed E-state index contributed by atoms with van der Waals surface area (Å²) in [4.78, 5) is 27.7. The van der Waals surface area contributed by atoms with Crippen LogP contribution in [0.25, 0.3) is 0 Å². The van der Waals surface area contributed by atoms with Crippen molar-refractivity contribution in [1.29, 1.82) is 0 Å². The van der Waals surface area contributed by atoms with E-state index in [2.05, 4.69) is 16.8 Å². The van der Waals surface area contributed by atoms with Crippen LogP contribution in [0.1, 0.15) is 52.1 Å². The molecule has 1 fully saturated rings. The van der Waals surface area contributed by atoms with Crippen molar-refractivity contribution < 1.29 is 23.1 Å². The van der Waals surface area contributed by atoms with E-state index in [0.29, 0.717) is 25.5 Å². The second-order valence-corrected chi connectivity index (χ2v) is 10.5. The minimum Gasteiger partial charge on any atom is -0.377 e. The Hall–Kier alpha value is -2.30. The van der Waals surface area contributed by atoms with E-state index in [9.17, 15) is 23.1 Å². The van der Waals surface area contributed by atoms with Crippen molar-refractivity contribution in [2.24, 2.45) is 11.3 Å². The normalized spacial score (nSPS) is 29.1. The number of carbonyl (C=O) groups is 2. The molecule has 29 heavy (non-hydrogen) atoms. The minimum absolute atomic E-state index is 0.0370. The van der Waals surface area contributed by atoms with Gasteiger partial charge in [-0.15, -0.1) is 0 Å². The Bertz CT molecular complexity index is 1050. The summed E-state index contributed by atoms with van der Waals surface area (Å²) in [5.41, 5.74) is -1.36. The summed E-state index contributed by atoms with van der Waals surface area (Å²) in [5, 5.41) is 10.9. The topological polar surface area (TPSA) is 101 Å². The molecule has 1 aromatic rings. The number of sulfone groups is 1. The lowest BCUT2D eigenvalue weighted by Crippen LogP contribution is -2.47. The third kappa shape index (κ3) is 3.34. The van der Waals surface area contributed by atoms with Gasteiger partial charge in [0.05, 0.1) is 11.2 Å².